The molecule has 0 unspecified atom stereocenters. The molecule has 6 nitrogen and oxygen atoms in total. The van der Waals surface area contributed by atoms with Crippen molar-refractivity contribution in [1.29, 1.82) is 0 Å². The molecule has 0 saturated carbocycles. The summed E-state index contributed by atoms with van der Waals surface area (Å²) in [5.74, 6) is 1.71. The molecule has 2 N–H and O–H groups in total. The summed E-state index contributed by atoms with van der Waals surface area (Å²) in [5, 5.41) is 11.2. The molecule has 1 heterocycles. The fraction of sp³-hybridized carbons (Fsp3) is 0.250. The van der Waals surface area contributed by atoms with Gasteiger partial charge < -0.3 is 15.2 Å². The van der Waals surface area contributed by atoms with Crippen LogP contribution in [0, 0.1) is 0 Å². The number of nitrogens with one attached hydrogen (secondary N) is 2. The Balaban J connectivity index is 1.57. The summed E-state index contributed by atoms with van der Waals surface area (Å²) < 4.78 is 5.29. The van der Waals surface area contributed by atoms with Gasteiger partial charge in [-0.25, -0.2) is 4.99 Å². The largest absolute Gasteiger partial charge is 0.357 e. The van der Waals surface area contributed by atoms with Gasteiger partial charge in [0.15, 0.2) is 5.96 Å². The van der Waals surface area contributed by atoms with Gasteiger partial charge in [-0.2, -0.15) is 4.98 Å². The zero-order valence-corrected chi connectivity index (χ0v) is 15.9. The highest BCUT2D eigenvalue weighted by Crippen LogP contribution is 2.18. The Morgan fingerprint density at radius 1 is 1.07 bits per heavy atom. The van der Waals surface area contributed by atoms with Gasteiger partial charge in [0.05, 0.1) is 0 Å². The first-order valence-corrected chi connectivity index (χ1v) is 9.27. The normalized spacial score (nSPS) is 11.4. The minimum atomic E-state index is 0.307. The van der Waals surface area contributed by atoms with Gasteiger partial charge in [-0.1, -0.05) is 47.1 Å². The van der Waals surface area contributed by atoms with Crippen LogP contribution in [0.4, 0.5) is 0 Å². The highest BCUT2D eigenvalue weighted by atomic mass is 35.5. The van der Waals surface area contributed by atoms with E-state index in [0.29, 0.717) is 23.3 Å². The van der Waals surface area contributed by atoms with Crippen LogP contribution in [0.25, 0.3) is 11.4 Å². The van der Waals surface area contributed by atoms with E-state index >= 15 is 0 Å². The number of hydrogen-bond acceptors (Lipinski definition) is 4. The van der Waals surface area contributed by atoms with Crippen LogP contribution in [0.2, 0.25) is 5.02 Å². The van der Waals surface area contributed by atoms with Crippen LogP contribution in [-0.2, 0) is 13.0 Å². The first-order valence-electron chi connectivity index (χ1n) is 8.89. The molecule has 3 aromatic rings. The van der Waals surface area contributed by atoms with E-state index in [0.717, 1.165) is 31.0 Å². The summed E-state index contributed by atoms with van der Waals surface area (Å²) in [5.41, 5.74) is 2.14. The van der Waals surface area contributed by atoms with Crippen molar-refractivity contribution in [3.63, 3.8) is 0 Å². The molecule has 0 radical (unpaired) electrons. The monoisotopic (exact) mass is 383 g/mol. The molecule has 1 aromatic heterocycles. The third-order valence-corrected chi connectivity index (χ3v) is 4.09. The van der Waals surface area contributed by atoms with E-state index in [1.807, 2.05) is 37.3 Å². The van der Waals surface area contributed by atoms with Gasteiger partial charge >= 0.3 is 0 Å². The molecular formula is C20H22ClN5O. The molecule has 0 fully saturated rings. The molecule has 2 aromatic carbocycles. The minimum absolute atomic E-state index is 0.307. The third-order valence-electron chi connectivity index (χ3n) is 3.84. The summed E-state index contributed by atoms with van der Waals surface area (Å²) in [4.78, 5) is 8.90. The van der Waals surface area contributed by atoms with Crippen molar-refractivity contribution in [1.82, 2.24) is 20.8 Å². The summed E-state index contributed by atoms with van der Waals surface area (Å²) in [6.45, 7) is 3.90. The van der Waals surface area contributed by atoms with Gasteiger partial charge in [-0.3, -0.25) is 0 Å². The number of aromatic nitrogens is 2. The van der Waals surface area contributed by atoms with Crippen LogP contribution in [0.5, 0.6) is 0 Å². The van der Waals surface area contributed by atoms with Gasteiger partial charge in [-0.05, 0) is 43.2 Å². The number of aliphatic imine (C=N–C) groups is 1. The first kappa shape index (κ1) is 18.9. The summed E-state index contributed by atoms with van der Waals surface area (Å²) >= 11 is 5.90. The van der Waals surface area contributed by atoms with Gasteiger partial charge in [0, 0.05) is 23.7 Å². The Hall–Kier alpha value is -2.86. The third kappa shape index (κ3) is 5.82. The topological polar surface area (TPSA) is 75.3 Å². The SMILES string of the molecule is CCNC(=NCc1nc(-c2ccc(Cl)cc2)no1)NCCc1ccccc1. The van der Waals surface area contributed by atoms with Crippen molar-refractivity contribution in [2.24, 2.45) is 4.99 Å². The molecular weight excluding hydrogens is 362 g/mol. The van der Waals surface area contributed by atoms with Crippen LogP contribution in [0.3, 0.4) is 0 Å². The predicted molar refractivity (Wildman–Crippen MR) is 108 cm³/mol. The zero-order valence-electron chi connectivity index (χ0n) is 15.2. The van der Waals surface area contributed by atoms with E-state index in [2.05, 4.69) is 37.9 Å². The molecule has 0 bridgehead atoms. The fourth-order valence-corrected chi connectivity index (χ4v) is 2.62. The smallest absolute Gasteiger partial charge is 0.248 e. The van der Waals surface area contributed by atoms with Crippen molar-refractivity contribution in [3.8, 4) is 11.4 Å². The Morgan fingerprint density at radius 3 is 2.59 bits per heavy atom. The molecule has 0 amide bonds. The second-order valence-electron chi connectivity index (χ2n) is 5.88. The molecule has 3 rings (SSSR count). The fourth-order valence-electron chi connectivity index (χ4n) is 2.49. The molecule has 140 valence electrons. The molecule has 0 saturated heterocycles. The lowest BCUT2D eigenvalue weighted by atomic mass is 10.1. The predicted octanol–water partition coefficient (Wildman–Crippen LogP) is 3.69. The number of rotatable bonds is 7. The summed E-state index contributed by atoms with van der Waals surface area (Å²) in [7, 11) is 0. The molecule has 0 aliphatic rings. The summed E-state index contributed by atoms with van der Waals surface area (Å²) in [6, 6.07) is 17.6. The Morgan fingerprint density at radius 2 is 1.85 bits per heavy atom. The van der Waals surface area contributed by atoms with Crippen LogP contribution in [0.1, 0.15) is 18.4 Å². The minimum Gasteiger partial charge on any atom is -0.357 e. The van der Waals surface area contributed by atoms with Gasteiger partial charge in [0.1, 0.15) is 6.54 Å². The maximum absolute atomic E-state index is 5.90. The highest BCUT2D eigenvalue weighted by Gasteiger charge is 2.08. The van der Waals surface area contributed by atoms with Crippen molar-refractivity contribution in [2.75, 3.05) is 13.1 Å². The lowest BCUT2D eigenvalue weighted by Gasteiger charge is -2.10. The van der Waals surface area contributed by atoms with E-state index in [1.165, 1.54) is 5.56 Å². The Kier molecular flexibility index (Phi) is 6.82. The number of halogens is 1. The number of hydrogen-bond donors (Lipinski definition) is 2. The lowest BCUT2D eigenvalue weighted by molar-refractivity contribution is 0.380. The average molecular weight is 384 g/mol. The Bertz CT molecular complexity index is 862. The van der Waals surface area contributed by atoms with Crippen LogP contribution >= 0.6 is 11.6 Å². The Labute approximate surface area is 163 Å². The molecule has 7 heteroatoms. The van der Waals surface area contributed by atoms with E-state index in [-0.39, 0.29) is 0 Å². The molecule has 0 aliphatic heterocycles. The highest BCUT2D eigenvalue weighted by molar-refractivity contribution is 6.30. The number of guanidine groups is 1. The molecule has 27 heavy (non-hydrogen) atoms. The van der Waals surface area contributed by atoms with Crippen molar-refractivity contribution in [2.45, 2.75) is 19.9 Å². The average Bonchev–Trinajstić information content (AvgIpc) is 3.16. The maximum Gasteiger partial charge on any atom is 0.248 e. The standard InChI is InChI=1S/C20H22ClN5O/c1-2-22-20(23-13-12-15-6-4-3-5-7-15)24-14-18-25-19(26-27-18)16-8-10-17(21)11-9-16/h3-11H,2,12-14H2,1H3,(H2,22,23,24). The van der Waals surface area contributed by atoms with Crippen LogP contribution in [0.15, 0.2) is 64.1 Å². The molecule has 0 spiro atoms. The zero-order chi connectivity index (χ0) is 18.9. The van der Waals surface area contributed by atoms with E-state index in [1.54, 1.807) is 12.1 Å². The van der Waals surface area contributed by atoms with Gasteiger partial charge in [0.2, 0.25) is 11.7 Å². The van der Waals surface area contributed by atoms with Crippen molar-refractivity contribution < 1.29 is 4.52 Å². The first-order chi connectivity index (χ1) is 13.2. The second kappa shape index (κ2) is 9.73. The van der Waals surface area contributed by atoms with E-state index < -0.39 is 0 Å². The van der Waals surface area contributed by atoms with Crippen LogP contribution in [-0.4, -0.2) is 29.2 Å². The van der Waals surface area contributed by atoms with E-state index in [9.17, 15) is 0 Å². The van der Waals surface area contributed by atoms with E-state index in [4.69, 9.17) is 16.1 Å². The molecule has 0 aliphatic carbocycles. The van der Waals surface area contributed by atoms with Gasteiger partial charge in [0.25, 0.3) is 0 Å². The molecule has 0 atom stereocenters. The second-order valence-corrected chi connectivity index (χ2v) is 6.31. The lowest BCUT2D eigenvalue weighted by Crippen LogP contribution is -2.38. The number of benzene rings is 2. The number of nitrogens with zero attached hydrogens (tertiary/aromatic N) is 3. The van der Waals surface area contributed by atoms with Crippen molar-refractivity contribution in [3.05, 3.63) is 71.1 Å². The van der Waals surface area contributed by atoms with Crippen molar-refractivity contribution >= 4 is 17.6 Å². The maximum atomic E-state index is 5.90. The quantitative estimate of drug-likeness (QED) is 0.480. The summed E-state index contributed by atoms with van der Waals surface area (Å²) in [6.07, 6.45) is 0.923. The van der Waals surface area contributed by atoms with Crippen LogP contribution < -0.4 is 10.6 Å². The van der Waals surface area contributed by atoms with Gasteiger partial charge in [-0.15, -0.1) is 0 Å².